The van der Waals surface area contributed by atoms with E-state index in [1.165, 1.54) is 18.6 Å². The van der Waals surface area contributed by atoms with Crippen molar-refractivity contribution >= 4 is 21.2 Å². The van der Waals surface area contributed by atoms with E-state index in [9.17, 15) is 18.5 Å². The van der Waals surface area contributed by atoms with Crippen molar-refractivity contribution in [2.45, 2.75) is 37.1 Å². The van der Waals surface area contributed by atoms with Crippen LogP contribution in [0, 0.1) is 10.1 Å². The van der Waals surface area contributed by atoms with Gasteiger partial charge in [0.2, 0.25) is 0 Å². The van der Waals surface area contributed by atoms with Gasteiger partial charge in [-0.15, -0.1) is 0 Å². The summed E-state index contributed by atoms with van der Waals surface area (Å²) in [6.07, 6.45) is 4.35. The Bertz CT molecular complexity index is 675. The van der Waals surface area contributed by atoms with Crippen LogP contribution >= 0.6 is 0 Å². The average molecular weight is 341 g/mol. The highest BCUT2D eigenvalue weighted by molar-refractivity contribution is 7.90. The number of piperidine rings is 1. The first-order valence-electron chi connectivity index (χ1n) is 7.80. The second-order valence-electron chi connectivity index (χ2n) is 5.84. The smallest absolute Gasteiger partial charge is 0.310 e. The molecule has 128 valence electrons. The average Bonchev–Trinajstić information content (AvgIpc) is 2.51. The zero-order chi connectivity index (χ0) is 17.0. The molecule has 0 saturated carbocycles. The standard InChI is InChI=1S/C15H23N3O4S/c1-3-17-10-5-4-7-12(17)11-16-13-8-6-9-14(23(2,21)22)15(13)18(19)20/h6,8-9,12,16H,3-5,7,10-11H2,1-2H3. The van der Waals surface area contributed by atoms with E-state index in [1.54, 1.807) is 6.07 Å². The highest BCUT2D eigenvalue weighted by Crippen LogP contribution is 2.32. The first kappa shape index (κ1) is 17.7. The molecule has 7 nitrogen and oxygen atoms in total. The number of nitrogens with zero attached hydrogens (tertiary/aromatic N) is 2. The van der Waals surface area contributed by atoms with Crippen molar-refractivity contribution in [2.24, 2.45) is 0 Å². The van der Waals surface area contributed by atoms with Crippen LogP contribution in [-0.4, -0.2) is 50.2 Å². The van der Waals surface area contributed by atoms with Crippen molar-refractivity contribution in [3.05, 3.63) is 28.3 Å². The summed E-state index contributed by atoms with van der Waals surface area (Å²) in [5, 5.41) is 14.4. The Hall–Kier alpha value is -1.67. The van der Waals surface area contributed by atoms with Crippen LogP contribution in [0.25, 0.3) is 0 Å². The number of benzene rings is 1. The van der Waals surface area contributed by atoms with Gasteiger partial charge in [-0.05, 0) is 38.1 Å². The van der Waals surface area contributed by atoms with Gasteiger partial charge >= 0.3 is 5.69 Å². The molecule has 23 heavy (non-hydrogen) atoms. The quantitative estimate of drug-likeness (QED) is 0.630. The van der Waals surface area contributed by atoms with E-state index in [0.717, 1.165) is 32.2 Å². The van der Waals surface area contributed by atoms with Gasteiger partial charge in [0.1, 0.15) is 10.6 Å². The summed E-state index contributed by atoms with van der Waals surface area (Å²) in [4.78, 5) is 12.8. The number of rotatable bonds is 6. The molecule has 1 N–H and O–H groups in total. The second kappa shape index (κ2) is 7.27. The maximum atomic E-state index is 11.8. The maximum Gasteiger partial charge on any atom is 0.310 e. The van der Waals surface area contributed by atoms with Gasteiger partial charge in [0.05, 0.1) is 4.92 Å². The number of nitrogens with one attached hydrogen (secondary N) is 1. The number of likely N-dealkylation sites (N-methyl/N-ethyl adjacent to an activating group) is 1. The number of likely N-dealkylation sites (tertiary alicyclic amines) is 1. The van der Waals surface area contributed by atoms with Gasteiger partial charge in [-0.25, -0.2) is 8.42 Å². The van der Waals surface area contributed by atoms with Crippen molar-refractivity contribution in [3.63, 3.8) is 0 Å². The number of hydrogen-bond acceptors (Lipinski definition) is 6. The summed E-state index contributed by atoms with van der Waals surface area (Å²) in [5.74, 6) is 0. The SMILES string of the molecule is CCN1CCCCC1CNc1cccc(S(C)(=O)=O)c1[N+](=O)[O-]. The molecule has 1 fully saturated rings. The van der Waals surface area contributed by atoms with E-state index in [2.05, 4.69) is 17.1 Å². The maximum absolute atomic E-state index is 11.8. The van der Waals surface area contributed by atoms with Gasteiger partial charge in [-0.3, -0.25) is 15.0 Å². The highest BCUT2D eigenvalue weighted by atomic mass is 32.2. The number of para-hydroxylation sites is 1. The van der Waals surface area contributed by atoms with E-state index < -0.39 is 14.8 Å². The third-order valence-corrected chi connectivity index (χ3v) is 5.39. The monoisotopic (exact) mass is 341 g/mol. The van der Waals surface area contributed by atoms with E-state index in [4.69, 9.17) is 0 Å². The fourth-order valence-electron chi connectivity index (χ4n) is 3.09. The minimum absolute atomic E-state index is 0.247. The molecule has 2 rings (SSSR count). The molecular formula is C15H23N3O4S. The van der Waals surface area contributed by atoms with Crippen LogP contribution in [0.3, 0.4) is 0 Å². The summed E-state index contributed by atoms with van der Waals surface area (Å²) in [6, 6.07) is 4.68. The molecule has 1 atom stereocenters. The molecule has 0 aliphatic carbocycles. The Morgan fingerprint density at radius 1 is 1.39 bits per heavy atom. The fraction of sp³-hybridized carbons (Fsp3) is 0.600. The van der Waals surface area contributed by atoms with Gasteiger partial charge in [-0.2, -0.15) is 0 Å². The summed E-state index contributed by atoms with van der Waals surface area (Å²) in [5.41, 5.74) is -0.103. The minimum Gasteiger partial charge on any atom is -0.378 e. The van der Waals surface area contributed by atoms with Crippen LogP contribution in [-0.2, 0) is 9.84 Å². The molecule has 1 aromatic carbocycles. The molecule has 0 bridgehead atoms. The van der Waals surface area contributed by atoms with Crippen molar-refractivity contribution in [1.29, 1.82) is 0 Å². The Morgan fingerprint density at radius 3 is 2.74 bits per heavy atom. The van der Waals surface area contributed by atoms with Crippen LogP contribution in [0.5, 0.6) is 0 Å². The minimum atomic E-state index is -3.65. The van der Waals surface area contributed by atoms with Crippen LogP contribution in [0.15, 0.2) is 23.1 Å². The Balaban J connectivity index is 2.24. The number of nitro groups is 1. The fourth-order valence-corrected chi connectivity index (χ4v) is 3.95. The molecular weight excluding hydrogens is 318 g/mol. The predicted molar refractivity (Wildman–Crippen MR) is 89.6 cm³/mol. The Kier molecular flexibility index (Phi) is 5.59. The molecule has 1 heterocycles. The first-order valence-corrected chi connectivity index (χ1v) is 9.69. The van der Waals surface area contributed by atoms with Crippen molar-refractivity contribution in [1.82, 2.24) is 4.90 Å². The number of nitro benzene ring substituents is 1. The predicted octanol–water partition coefficient (Wildman–Crippen LogP) is 2.28. The lowest BCUT2D eigenvalue weighted by Gasteiger charge is -2.35. The molecule has 0 amide bonds. The summed E-state index contributed by atoms with van der Waals surface area (Å²) >= 11 is 0. The van der Waals surface area contributed by atoms with E-state index >= 15 is 0 Å². The lowest BCUT2D eigenvalue weighted by atomic mass is 10.0. The molecule has 8 heteroatoms. The van der Waals surface area contributed by atoms with Gasteiger partial charge < -0.3 is 5.32 Å². The molecule has 1 saturated heterocycles. The van der Waals surface area contributed by atoms with Gasteiger partial charge in [0, 0.05) is 18.8 Å². The second-order valence-corrected chi connectivity index (χ2v) is 7.82. The molecule has 1 aliphatic heterocycles. The molecule has 0 aromatic heterocycles. The lowest BCUT2D eigenvalue weighted by Crippen LogP contribution is -2.43. The van der Waals surface area contributed by atoms with Crippen molar-refractivity contribution in [2.75, 3.05) is 31.2 Å². The third kappa shape index (κ3) is 4.20. The van der Waals surface area contributed by atoms with Gasteiger partial charge in [0.15, 0.2) is 9.84 Å². The highest BCUT2D eigenvalue weighted by Gasteiger charge is 2.27. The number of hydrogen-bond donors (Lipinski definition) is 1. The van der Waals surface area contributed by atoms with Crippen LogP contribution < -0.4 is 5.32 Å². The molecule has 1 aromatic rings. The molecule has 1 aliphatic rings. The Labute approximate surface area is 136 Å². The normalized spacial score (nSPS) is 19.5. The largest absolute Gasteiger partial charge is 0.378 e. The topological polar surface area (TPSA) is 92.6 Å². The number of anilines is 1. The molecule has 0 spiro atoms. The molecule has 0 radical (unpaired) electrons. The van der Waals surface area contributed by atoms with Gasteiger partial charge in [0.25, 0.3) is 0 Å². The van der Waals surface area contributed by atoms with Gasteiger partial charge in [-0.1, -0.05) is 19.4 Å². The summed E-state index contributed by atoms with van der Waals surface area (Å²) < 4.78 is 23.5. The van der Waals surface area contributed by atoms with E-state index in [1.807, 2.05) is 0 Å². The first-order chi connectivity index (χ1) is 10.8. The summed E-state index contributed by atoms with van der Waals surface area (Å²) in [6.45, 7) is 4.65. The van der Waals surface area contributed by atoms with E-state index in [-0.39, 0.29) is 16.3 Å². The zero-order valence-electron chi connectivity index (χ0n) is 13.5. The van der Waals surface area contributed by atoms with Crippen LogP contribution in [0.1, 0.15) is 26.2 Å². The summed E-state index contributed by atoms with van der Waals surface area (Å²) in [7, 11) is -3.65. The molecule has 1 unspecified atom stereocenters. The van der Waals surface area contributed by atoms with Crippen LogP contribution in [0.4, 0.5) is 11.4 Å². The van der Waals surface area contributed by atoms with E-state index in [0.29, 0.717) is 12.6 Å². The zero-order valence-corrected chi connectivity index (χ0v) is 14.3. The van der Waals surface area contributed by atoms with Crippen molar-refractivity contribution in [3.8, 4) is 0 Å². The Morgan fingerprint density at radius 2 is 2.13 bits per heavy atom. The third-order valence-electron chi connectivity index (χ3n) is 4.26. The lowest BCUT2D eigenvalue weighted by molar-refractivity contribution is -0.386. The van der Waals surface area contributed by atoms with Crippen molar-refractivity contribution < 1.29 is 13.3 Å². The van der Waals surface area contributed by atoms with Crippen LogP contribution in [0.2, 0.25) is 0 Å². The number of sulfone groups is 1.